The van der Waals surface area contributed by atoms with E-state index in [0.717, 1.165) is 60.1 Å². The van der Waals surface area contributed by atoms with Gasteiger partial charge in [-0.2, -0.15) is 0 Å². The zero-order valence-corrected chi connectivity index (χ0v) is 14.9. The molecule has 3 nitrogen and oxygen atoms in total. The maximum atomic E-state index is 12.7. The highest BCUT2D eigenvalue weighted by atomic mass is 79.9. The molecule has 1 aliphatic rings. The Labute approximate surface area is 137 Å². The summed E-state index contributed by atoms with van der Waals surface area (Å²) in [5.41, 5.74) is 1.85. The Bertz CT molecular complexity index is 479. The fraction of sp³-hybridized carbons (Fsp3) is 0.533. The van der Waals surface area contributed by atoms with Crippen LogP contribution in [0, 0.1) is 6.92 Å². The predicted molar refractivity (Wildman–Crippen MR) is 89.6 cm³/mol. The van der Waals surface area contributed by atoms with Crippen LogP contribution in [0.4, 0.5) is 0 Å². The molecule has 110 valence electrons. The standard InChI is InChI=1S/C15H20Br2N2O/c1-12-3-4-13(17)11-14(12)15(20)19-7-2-6-18(8-5-16)9-10-19/h3-4,11H,2,5-10H2,1H3. The molecule has 1 aromatic rings. The Hall–Kier alpha value is -0.390. The summed E-state index contributed by atoms with van der Waals surface area (Å²) in [4.78, 5) is 17.1. The van der Waals surface area contributed by atoms with E-state index >= 15 is 0 Å². The van der Waals surface area contributed by atoms with Crippen LogP contribution in [0.5, 0.6) is 0 Å². The number of hydrogen-bond acceptors (Lipinski definition) is 2. The van der Waals surface area contributed by atoms with Crippen LogP contribution in [0.2, 0.25) is 0 Å². The first kappa shape index (κ1) is 16.0. The molecule has 1 aromatic carbocycles. The van der Waals surface area contributed by atoms with Gasteiger partial charge in [0, 0.05) is 41.5 Å². The van der Waals surface area contributed by atoms with Gasteiger partial charge in [-0.25, -0.2) is 0 Å². The molecule has 1 amide bonds. The molecule has 0 spiro atoms. The second-order valence-electron chi connectivity index (χ2n) is 5.14. The van der Waals surface area contributed by atoms with Crippen LogP contribution in [0.15, 0.2) is 22.7 Å². The lowest BCUT2D eigenvalue weighted by Crippen LogP contribution is -2.36. The van der Waals surface area contributed by atoms with Crippen LogP contribution in [0.3, 0.4) is 0 Å². The van der Waals surface area contributed by atoms with Crippen molar-refractivity contribution in [2.75, 3.05) is 38.1 Å². The van der Waals surface area contributed by atoms with Gasteiger partial charge in [0.1, 0.15) is 0 Å². The summed E-state index contributed by atoms with van der Waals surface area (Å²) < 4.78 is 0.960. The molecule has 0 aliphatic carbocycles. The molecule has 0 N–H and O–H groups in total. The zero-order valence-electron chi connectivity index (χ0n) is 11.7. The molecule has 0 radical (unpaired) electrons. The zero-order chi connectivity index (χ0) is 14.5. The molecule has 0 unspecified atom stereocenters. The van der Waals surface area contributed by atoms with Crippen molar-refractivity contribution in [1.82, 2.24) is 9.80 Å². The fourth-order valence-electron chi connectivity index (χ4n) is 2.51. The normalized spacial score (nSPS) is 17.1. The largest absolute Gasteiger partial charge is 0.337 e. The Kier molecular flexibility index (Phi) is 6.05. The van der Waals surface area contributed by atoms with E-state index in [4.69, 9.17) is 0 Å². The third-order valence-corrected chi connectivity index (χ3v) is 4.55. The molecule has 0 aromatic heterocycles. The first-order valence-electron chi connectivity index (χ1n) is 6.95. The average molecular weight is 404 g/mol. The van der Waals surface area contributed by atoms with E-state index in [1.807, 2.05) is 30.0 Å². The van der Waals surface area contributed by atoms with Gasteiger partial charge in [-0.1, -0.05) is 37.9 Å². The number of carbonyl (C=O) groups excluding carboxylic acids is 1. The molecule has 0 saturated carbocycles. The number of benzene rings is 1. The smallest absolute Gasteiger partial charge is 0.254 e. The summed E-state index contributed by atoms with van der Waals surface area (Å²) in [7, 11) is 0. The molecule has 0 bridgehead atoms. The lowest BCUT2D eigenvalue weighted by molar-refractivity contribution is 0.0761. The highest BCUT2D eigenvalue weighted by Gasteiger charge is 2.21. The van der Waals surface area contributed by atoms with Gasteiger partial charge in [0.05, 0.1) is 0 Å². The fourth-order valence-corrected chi connectivity index (χ4v) is 3.37. The first-order valence-corrected chi connectivity index (χ1v) is 8.87. The van der Waals surface area contributed by atoms with Gasteiger partial charge < -0.3 is 9.80 Å². The Morgan fingerprint density at radius 3 is 2.80 bits per heavy atom. The SMILES string of the molecule is Cc1ccc(Br)cc1C(=O)N1CCCN(CCBr)CC1. The molecule has 5 heteroatoms. The summed E-state index contributed by atoms with van der Waals surface area (Å²) >= 11 is 6.93. The van der Waals surface area contributed by atoms with E-state index in [1.165, 1.54) is 0 Å². The van der Waals surface area contributed by atoms with Gasteiger partial charge in [-0.15, -0.1) is 0 Å². The number of nitrogens with zero attached hydrogens (tertiary/aromatic N) is 2. The molecule has 0 atom stereocenters. The van der Waals surface area contributed by atoms with Crippen molar-refractivity contribution in [2.24, 2.45) is 0 Å². The minimum Gasteiger partial charge on any atom is -0.337 e. The third-order valence-electron chi connectivity index (χ3n) is 3.71. The summed E-state index contributed by atoms with van der Waals surface area (Å²) in [6.07, 6.45) is 1.05. The lowest BCUT2D eigenvalue weighted by Gasteiger charge is -2.22. The van der Waals surface area contributed by atoms with Gasteiger partial charge in [-0.05, 0) is 37.6 Å². The van der Waals surface area contributed by atoms with Crippen molar-refractivity contribution >= 4 is 37.8 Å². The molecule has 1 fully saturated rings. The second kappa shape index (κ2) is 7.57. The third kappa shape index (κ3) is 4.06. The van der Waals surface area contributed by atoms with E-state index < -0.39 is 0 Å². The van der Waals surface area contributed by atoms with Crippen molar-refractivity contribution in [3.05, 3.63) is 33.8 Å². The Balaban J connectivity index is 2.07. The number of carbonyl (C=O) groups is 1. The van der Waals surface area contributed by atoms with Crippen molar-refractivity contribution < 1.29 is 4.79 Å². The average Bonchev–Trinajstić information content (AvgIpc) is 2.67. The molecule has 20 heavy (non-hydrogen) atoms. The maximum Gasteiger partial charge on any atom is 0.254 e. The van der Waals surface area contributed by atoms with Crippen LogP contribution in [-0.4, -0.2) is 53.8 Å². The molecular formula is C15H20Br2N2O. The van der Waals surface area contributed by atoms with Gasteiger partial charge in [-0.3, -0.25) is 4.79 Å². The monoisotopic (exact) mass is 402 g/mol. The minimum atomic E-state index is 0.157. The summed E-state index contributed by atoms with van der Waals surface area (Å²) in [5.74, 6) is 0.157. The highest BCUT2D eigenvalue weighted by molar-refractivity contribution is 9.10. The molecule has 1 aliphatic heterocycles. The number of hydrogen-bond donors (Lipinski definition) is 0. The maximum absolute atomic E-state index is 12.7. The van der Waals surface area contributed by atoms with Crippen LogP contribution in [0.25, 0.3) is 0 Å². The quantitative estimate of drug-likeness (QED) is 0.723. The van der Waals surface area contributed by atoms with Crippen LogP contribution in [-0.2, 0) is 0 Å². The Morgan fingerprint density at radius 2 is 2.05 bits per heavy atom. The molecule has 1 saturated heterocycles. The first-order chi connectivity index (χ1) is 9.61. The van der Waals surface area contributed by atoms with Crippen LogP contribution in [0.1, 0.15) is 22.3 Å². The molecular weight excluding hydrogens is 384 g/mol. The van der Waals surface area contributed by atoms with Gasteiger partial charge in [0.2, 0.25) is 0 Å². The van der Waals surface area contributed by atoms with Gasteiger partial charge >= 0.3 is 0 Å². The van der Waals surface area contributed by atoms with Crippen LogP contribution >= 0.6 is 31.9 Å². The lowest BCUT2D eigenvalue weighted by atomic mass is 10.1. The topological polar surface area (TPSA) is 23.6 Å². The number of rotatable bonds is 3. The number of aryl methyl sites for hydroxylation is 1. The second-order valence-corrected chi connectivity index (χ2v) is 6.84. The summed E-state index contributed by atoms with van der Waals surface area (Å²) in [5, 5.41) is 0.992. The van der Waals surface area contributed by atoms with E-state index in [-0.39, 0.29) is 5.91 Å². The van der Waals surface area contributed by atoms with Crippen molar-refractivity contribution in [1.29, 1.82) is 0 Å². The van der Waals surface area contributed by atoms with Crippen molar-refractivity contribution in [3.8, 4) is 0 Å². The molecule has 1 heterocycles. The van der Waals surface area contributed by atoms with E-state index in [9.17, 15) is 4.79 Å². The van der Waals surface area contributed by atoms with E-state index in [1.54, 1.807) is 0 Å². The summed E-state index contributed by atoms with van der Waals surface area (Å²) in [6.45, 7) is 6.76. The van der Waals surface area contributed by atoms with Crippen molar-refractivity contribution in [3.63, 3.8) is 0 Å². The number of amides is 1. The number of halogens is 2. The van der Waals surface area contributed by atoms with Crippen molar-refractivity contribution in [2.45, 2.75) is 13.3 Å². The minimum absolute atomic E-state index is 0.157. The molecule has 2 rings (SSSR count). The van der Waals surface area contributed by atoms with Crippen LogP contribution < -0.4 is 0 Å². The van der Waals surface area contributed by atoms with Gasteiger partial charge in [0.15, 0.2) is 0 Å². The highest BCUT2D eigenvalue weighted by Crippen LogP contribution is 2.18. The predicted octanol–water partition coefficient (Wildman–Crippen LogP) is 3.30. The van der Waals surface area contributed by atoms with Gasteiger partial charge in [0.25, 0.3) is 5.91 Å². The van der Waals surface area contributed by atoms with E-state index in [2.05, 4.69) is 36.8 Å². The Morgan fingerprint density at radius 1 is 1.25 bits per heavy atom. The van der Waals surface area contributed by atoms with E-state index in [0.29, 0.717) is 0 Å². The summed E-state index contributed by atoms with van der Waals surface area (Å²) in [6, 6.07) is 5.90. The number of alkyl halides is 1.